The molecule has 1 saturated carbocycles. The highest BCUT2D eigenvalue weighted by Gasteiger charge is 2.44. The average molecular weight is 411 g/mol. The molecule has 2 aliphatic heterocycles. The van der Waals surface area contributed by atoms with E-state index < -0.39 is 6.10 Å². The van der Waals surface area contributed by atoms with Crippen LogP contribution in [0.5, 0.6) is 11.5 Å². The topological polar surface area (TPSA) is 69.5 Å². The van der Waals surface area contributed by atoms with Crippen LogP contribution in [0.2, 0.25) is 0 Å². The third-order valence-corrected chi connectivity index (χ3v) is 7.27. The Hall–Kier alpha value is -2.57. The summed E-state index contributed by atoms with van der Waals surface area (Å²) in [5.41, 5.74) is 0.196. The highest BCUT2D eigenvalue weighted by molar-refractivity contribution is 5.82. The third-order valence-electron chi connectivity index (χ3n) is 7.27. The van der Waals surface area contributed by atoms with Crippen LogP contribution in [0.4, 0.5) is 0 Å². The van der Waals surface area contributed by atoms with Gasteiger partial charge < -0.3 is 14.4 Å². The number of hydrogen-bond acceptors (Lipinski definition) is 5. The summed E-state index contributed by atoms with van der Waals surface area (Å²) in [5.74, 6) is 2.11. The van der Waals surface area contributed by atoms with Gasteiger partial charge >= 0.3 is 0 Å². The molecule has 1 unspecified atom stereocenters. The number of piperidine rings is 1. The quantitative estimate of drug-likeness (QED) is 0.774. The van der Waals surface area contributed by atoms with Crippen molar-refractivity contribution in [3.63, 3.8) is 0 Å². The zero-order chi connectivity index (χ0) is 20.4. The van der Waals surface area contributed by atoms with E-state index in [1.807, 2.05) is 40.2 Å². The van der Waals surface area contributed by atoms with Crippen LogP contribution < -0.4 is 9.47 Å². The zero-order valence-corrected chi connectivity index (χ0v) is 17.4. The molecule has 2 fully saturated rings. The number of amides is 1. The number of likely N-dealkylation sites (tertiary alicyclic amines) is 1. The molecule has 5 rings (SSSR count). The molecule has 3 aliphatic rings. The van der Waals surface area contributed by atoms with E-state index in [1.165, 1.54) is 32.1 Å². The molecule has 7 heteroatoms. The predicted octanol–water partition coefficient (Wildman–Crippen LogP) is 3.31. The van der Waals surface area contributed by atoms with Crippen LogP contribution in [0.15, 0.2) is 36.9 Å². The molecule has 30 heavy (non-hydrogen) atoms. The number of hydrogen-bond donors (Lipinski definition) is 0. The van der Waals surface area contributed by atoms with Crippen molar-refractivity contribution in [2.24, 2.45) is 11.3 Å². The van der Waals surface area contributed by atoms with Crippen molar-refractivity contribution in [1.29, 1.82) is 0 Å². The van der Waals surface area contributed by atoms with Crippen LogP contribution >= 0.6 is 0 Å². The Labute approximate surface area is 177 Å². The Morgan fingerprint density at radius 2 is 1.87 bits per heavy atom. The summed E-state index contributed by atoms with van der Waals surface area (Å²) < 4.78 is 13.7. The van der Waals surface area contributed by atoms with E-state index in [4.69, 9.17) is 9.47 Å². The fourth-order valence-electron chi connectivity index (χ4n) is 5.56. The number of carbonyl (C=O) groups excluding carboxylic acids is 1. The molecule has 0 N–H and O–H groups in total. The van der Waals surface area contributed by atoms with Crippen LogP contribution in [-0.4, -0.2) is 51.4 Å². The first-order valence-electron chi connectivity index (χ1n) is 11.2. The van der Waals surface area contributed by atoms with Gasteiger partial charge in [-0.3, -0.25) is 9.48 Å². The summed E-state index contributed by atoms with van der Waals surface area (Å²) >= 11 is 0. The number of benzene rings is 1. The molecule has 0 spiro atoms. The molecule has 1 aromatic heterocycles. The molecule has 1 aromatic carbocycles. The summed E-state index contributed by atoms with van der Waals surface area (Å²) in [6.45, 7) is 2.71. The lowest BCUT2D eigenvalue weighted by Crippen LogP contribution is -2.53. The molecule has 0 radical (unpaired) electrons. The number of carbonyl (C=O) groups is 1. The van der Waals surface area contributed by atoms with Gasteiger partial charge in [-0.05, 0) is 49.1 Å². The van der Waals surface area contributed by atoms with Crippen molar-refractivity contribution in [3.05, 3.63) is 36.9 Å². The Kier molecular flexibility index (Phi) is 5.35. The first kappa shape index (κ1) is 19.4. The minimum Gasteiger partial charge on any atom is -0.485 e. The van der Waals surface area contributed by atoms with Crippen molar-refractivity contribution in [2.45, 2.75) is 57.6 Å². The van der Waals surface area contributed by atoms with Gasteiger partial charge in [0.25, 0.3) is 5.91 Å². The Bertz CT molecular complexity index is 855. The van der Waals surface area contributed by atoms with Gasteiger partial charge in [-0.15, -0.1) is 0 Å². The maximum absolute atomic E-state index is 13.2. The minimum atomic E-state index is -0.558. The van der Waals surface area contributed by atoms with E-state index in [0.717, 1.165) is 32.5 Å². The maximum atomic E-state index is 13.2. The molecule has 1 aliphatic carbocycles. The van der Waals surface area contributed by atoms with Gasteiger partial charge in [0.2, 0.25) is 6.10 Å². The van der Waals surface area contributed by atoms with E-state index in [0.29, 0.717) is 17.4 Å². The first-order valence-corrected chi connectivity index (χ1v) is 11.2. The van der Waals surface area contributed by atoms with Gasteiger partial charge in [-0.2, -0.15) is 5.10 Å². The molecule has 1 amide bonds. The number of fused-ring (bicyclic) bond motifs is 1. The highest BCUT2D eigenvalue weighted by atomic mass is 16.6. The maximum Gasteiger partial charge on any atom is 0.267 e. The van der Waals surface area contributed by atoms with E-state index in [-0.39, 0.29) is 17.9 Å². The van der Waals surface area contributed by atoms with Crippen LogP contribution in [0.25, 0.3) is 0 Å². The van der Waals surface area contributed by atoms with Crippen molar-refractivity contribution >= 4 is 5.91 Å². The van der Waals surface area contributed by atoms with Crippen LogP contribution in [0, 0.1) is 11.3 Å². The van der Waals surface area contributed by atoms with E-state index in [2.05, 4.69) is 10.1 Å². The molecule has 2 aromatic rings. The number of nitrogens with zero attached hydrogens (tertiary/aromatic N) is 4. The largest absolute Gasteiger partial charge is 0.485 e. The lowest BCUT2D eigenvalue weighted by atomic mass is 9.63. The summed E-state index contributed by atoms with van der Waals surface area (Å²) in [6.07, 6.45) is 11.5. The summed E-state index contributed by atoms with van der Waals surface area (Å²) in [4.78, 5) is 19.3. The summed E-state index contributed by atoms with van der Waals surface area (Å²) in [5, 5.41) is 4.39. The van der Waals surface area contributed by atoms with Gasteiger partial charge in [0.05, 0.1) is 0 Å². The monoisotopic (exact) mass is 410 g/mol. The number of rotatable bonds is 4. The first-order chi connectivity index (χ1) is 14.7. The zero-order valence-electron chi connectivity index (χ0n) is 17.4. The normalized spacial score (nSPS) is 23.9. The summed E-state index contributed by atoms with van der Waals surface area (Å²) in [6, 6.07) is 7.55. The van der Waals surface area contributed by atoms with Gasteiger partial charge in [0.1, 0.15) is 19.3 Å². The van der Waals surface area contributed by atoms with Gasteiger partial charge in [-0.1, -0.05) is 31.4 Å². The second kappa shape index (κ2) is 8.28. The van der Waals surface area contributed by atoms with Gasteiger partial charge in [-0.25, -0.2) is 4.98 Å². The fraction of sp³-hybridized carbons (Fsp3) is 0.609. The molecule has 1 saturated heterocycles. The average Bonchev–Trinajstić information content (AvgIpc) is 3.32. The second-order valence-electron chi connectivity index (χ2n) is 8.98. The molecule has 1 atom stereocenters. The fourth-order valence-corrected chi connectivity index (χ4v) is 5.56. The van der Waals surface area contributed by atoms with E-state index >= 15 is 0 Å². The lowest BCUT2D eigenvalue weighted by molar-refractivity contribution is -0.144. The van der Waals surface area contributed by atoms with Crippen molar-refractivity contribution < 1.29 is 14.3 Å². The van der Waals surface area contributed by atoms with E-state index in [1.54, 1.807) is 6.33 Å². The molecular formula is C23H30N4O3. The van der Waals surface area contributed by atoms with Crippen molar-refractivity contribution in [1.82, 2.24) is 19.7 Å². The Balaban J connectivity index is 1.26. The molecular weight excluding hydrogens is 380 g/mol. The standard InChI is InChI=1S/C23H30N4O3/c28-22(21-14-29-19-8-4-5-9-20(19)30-21)26-12-10-23(11-13-26,15-27-17-24-16-25-27)18-6-2-1-3-7-18/h4-5,8-9,16-18,21H,1-3,6-7,10-15H2. The number of ether oxygens (including phenoxy) is 2. The highest BCUT2D eigenvalue weighted by Crippen LogP contribution is 2.47. The van der Waals surface area contributed by atoms with Crippen LogP contribution in [0.3, 0.4) is 0 Å². The van der Waals surface area contributed by atoms with Crippen LogP contribution in [-0.2, 0) is 11.3 Å². The van der Waals surface area contributed by atoms with Gasteiger partial charge in [0.15, 0.2) is 11.5 Å². The Morgan fingerprint density at radius 3 is 2.60 bits per heavy atom. The molecule has 7 nitrogen and oxygen atoms in total. The Morgan fingerprint density at radius 1 is 1.10 bits per heavy atom. The smallest absolute Gasteiger partial charge is 0.267 e. The predicted molar refractivity (Wildman–Crippen MR) is 111 cm³/mol. The van der Waals surface area contributed by atoms with Crippen LogP contribution in [0.1, 0.15) is 44.9 Å². The SMILES string of the molecule is O=C(C1COc2ccccc2O1)N1CCC(Cn2cncn2)(C2CCCCC2)CC1. The third kappa shape index (κ3) is 3.77. The lowest BCUT2D eigenvalue weighted by Gasteiger charge is -2.48. The summed E-state index contributed by atoms with van der Waals surface area (Å²) in [7, 11) is 0. The van der Waals surface area contributed by atoms with Crippen molar-refractivity contribution in [3.8, 4) is 11.5 Å². The molecule has 160 valence electrons. The number of aromatic nitrogens is 3. The van der Waals surface area contributed by atoms with Gasteiger partial charge in [0, 0.05) is 19.6 Å². The number of para-hydroxylation sites is 2. The molecule has 0 bridgehead atoms. The van der Waals surface area contributed by atoms with E-state index in [9.17, 15) is 4.79 Å². The minimum absolute atomic E-state index is 0.0440. The second-order valence-corrected chi connectivity index (χ2v) is 8.98. The molecule has 3 heterocycles. The van der Waals surface area contributed by atoms with Crippen molar-refractivity contribution in [2.75, 3.05) is 19.7 Å².